The number of benzene rings is 3. The lowest BCUT2D eigenvalue weighted by Crippen LogP contribution is -2.47. The van der Waals surface area contributed by atoms with Crippen molar-refractivity contribution in [3.8, 4) is 5.75 Å². The highest BCUT2D eigenvalue weighted by atomic mass is 16.5. The monoisotopic (exact) mass is 526 g/mol. The highest BCUT2D eigenvalue weighted by molar-refractivity contribution is 5.93. The summed E-state index contributed by atoms with van der Waals surface area (Å²) in [6, 6.07) is 21.3. The van der Waals surface area contributed by atoms with Crippen LogP contribution in [0.1, 0.15) is 36.1 Å². The number of fused-ring (bicyclic) bond motifs is 1. The highest BCUT2D eigenvalue weighted by Gasteiger charge is 2.25. The number of rotatable bonds is 10. The van der Waals surface area contributed by atoms with E-state index in [4.69, 9.17) is 4.74 Å². The van der Waals surface area contributed by atoms with Gasteiger partial charge in [0.05, 0.1) is 7.11 Å². The van der Waals surface area contributed by atoms with E-state index in [2.05, 4.69) is 16.4 Å². The standard InChI is InChI=1S/C32H38N4O3/c1-22(2)36(32(38)34-28-15-14-23(3)18-24(28)4)21-31(37)35(20-26-10-6-9-13-30(26)39-5)17-16-25-19-33-29-12-8-7-11-27(25)29/h6-15,18-19,22,33H,16-17,20-21H2,1-5H3,(H,34,38). The number of methoxy groups -OCH3 is 1. The molecule has 0 radical (unpaired) electrons. The van der Waals surface area contributed by atoms with Crippen molar-refractivity contribution in [2.75, 3.05) is 25.5 Å². The Kier molecular flexibility index (Phi) is 8.92. The average Bonchev–Trinajstić information content (AvgIpc) is 3.34. The van der Waals surface area contributed by atoms with Crippen LogP contribution in [0, 0.1) is 13.8 Å². The summed E-state index contributed by atoms with van der Waals surface area (Å²) in [5.41, 5.74) is 6.00. The number of aromatic nitrogens is 1. The van der Waals surface area contributed by atoms with Crippen molar-refractivity contribution in [2.45, 2.75) is 46.7 Å². The number of hydrogen-bond acceptors (Lipinski definition) is 3. The van der Waals surface area contributed by atoms with E-state index in [1.165, 1.54) is 0 Å². The molecule has 7 nitrogen and oxygen atoms in total. The molecule has 7 heteroatoms. The fraction of sp³-hybridized carbons (Fsp3) is 0.312. The van der Waals surface area contributed by atoms with Gasteiger partial charge in [0.1, 0.15) is 12.3 Å². The summed E-state index contributed by atoms with van der Waals surface area (Å²) in [4.78, 5) is 33.9. The highest BCUT2D eigenvalue weighted by Crippen LogP contribution is 2.22. The molecule has 2 N–H and O–H groups in total. The number of nitrogens with one attached hydrogen (secondary N) is 2. The number of nitrogens with zero attached hydrogens (tertiary/aromatic N) is 2. The molecule has 0 spiro atoms. The Morgan fingerprint density at radius 1 is 0.974 bits per heavy atom. The molecule has 3 aromatic carbocycles. The number of aromatic amines is 1. The molecule has 0 fully saturated rings. The van der Waals surface area contributed by atoms with Gasteiger partial charge in [0.15, 0.2) is 0 Å². The Morgan fingerprint density at radius 2 is 1.72 bits per heavy atom. The fourth-order valence-corrected chi connectivity index (χ4v) is 4.80. The molecule has 0 bridgehead atoms. The van der Waals surface area contributed by atoms with Crippen LogP contribution in [-0.4, -0.2) is 53.0 Å². The summed E-state index contributed by atoms with van der Waals surface area (Å²) >= 11 is 0. The average molecular weight is 527 g/mol. The number of amides is 3. The van der Waals surface area contributed by atoms with Crippen LogP contribution in [0.3, 0.4) is 0 Å². The molecule has 4 rings (SSSR count). The normalized spacial score (nSPS) is 11.0. The molecule has 1 heterocycles. The van der Waals surface area contributed by atoms with Gasteiger partial charge in [-0.3, -0.25) is 4.79 Å². The minimum absolute atomic E-state index is 0.0303. The second-order valence-corrected chi connectivity index (χ2v) is 10.2. The molecule has 1 aromatic heterocycles. The first-order chi connectivity index (χ1) is 18.8. The maximum atomic E-state index is 13.8. The second-order valence-electron chi connectivity index (χ2n) is 10.2. The van der Waals surface area contributed by atoms with Crippen LogP contribution >= 0.6 is 0 Å². The predicted molar refractivity (Wildman–Crippen MR) is 157 cm³/mol. The van der Waals surface area contributed by atoms with Crippen LogP contribution < -0.4 is 10.1 Å². The van der Waals surface area contributed by atoms with Gasteiger partial charge >= 0.3 is 6.03 Å². The Morgan fingerprint density at radius 3 is 2.46 bits per heavy atom. The van der Waals surface area contributed by atoms with Crippen molar-refractivity contribution >= 4 is 28.5 Å². The van der Waals surface area contributed by atoms with Crippen molar-refractivity contribution in [1.82, 2.24) is 14.8 Å². The van der Waals surface area contributed by atoms with Gasteiger partial charge in [-0.15, -0.1) is 0 Å². The van der Waals surface area contributed by atoms with Gasteiger partial charge in [0, 0.05) is 47.5 Å². The van der Waals surface area contributed by atoms with Gasteiger partial charge in [-0.2, -0.15) is 0 Å². The van der Waals surface area contributed by atoms with Crippen LogP contribution in [0.15, 0.2) is 72.9 Å². The first-order valence-corrected chi connectivity index (χ1v) is 13.4. The molecular formula is C32H38N4O3. The number of carbonyl (C=O) groups is 2. The van der Waals surface area contributed by atoms with Crippen LogP contribution in [0.4, 0.5) is 10.5 Å². The lowest BCUT2D eigenvalue weighted by atomic mass is 10.1. The number of carbonyl (C=O) groups excluding carboxylic acids is 2. The van der Waals surface area contributed by atoms with E-state index >= 15 is 0 Å². The number of para-hydroxylation sites is 2. The van der Waals surface area contributed by atoms with Crippen LogP contribution in [0.2, 0.25) is 0 Å². The molecule has 0 atom stereocenters. The van der Waals surface area contributed by atoms with Crippen LogP contribution in [0.25, 0.3) is 10.9 Å². The van der Waals surface area contributed by atoms with Crippen molar-refractivity contribution < 1.29 is 14.3 Å². The van der Waals surface area contributed by atoms with Gasteiger partial charge in [-0.25, -0.2) is 4.79 Å². The van der Waals surface area contributed by atoms with Gasteiger partial charge < -0.3 is 24.8 Å². The molecule has 204 valence electrons. The molecule has 0 aliphatic heterocycles. The molecule has 0 aliphatic carbocycles. The first-order valence-electron chi connectivity index (χ1n) is 13.4. The van der Waals surface area contributed by atoms with E-state index < -0.39 is 0 Å². The van der Waals surface area contributed by atoms with Gasteiger partial charge in [-0.05, 0) is 63.4 Å². The maximum Gasteiger partial charge on any atom is 0.322 e. The van der Waals surface area contributed by atoms with E-state index in [1.807, 2.05) is 99.5 Å². The lowest BCUT2D eigenvalue weighted by molar-refractivity contribution is -0.132. The Bertz CT molecular complexity index is 1440. The van der Waals surface area contributed by atoms with Gasteiger partial charge in [0.25, 0.3) is 0 Å². The topological polar surface area (TPSA) is 77.7 Å². The second kappa shape index (κ2) is 12.5. The third-order valence-electron chi connectivity index (χ3n) is 7.05. The Balaban J connectivity index is 1.54. The van der Waals surface area contributed by atoms with Crippen molar-refractivity contribution in [1.29, 1.82) is 0 Å². The predicted octanol–water partition coefficient (Wildman–Crippen LogP) is 6.31. The summed E-state index contributed by atoms with van der Waals surface area (Å²) < 4.78 is 5.56. The number of hydrogen-bond donors (Lipinski definition) is 2. The van der Waals surface area contributed by atoms with Crippen molar-refractivity contribution in [2.24, 2.45) is 0 Å². The quantitative estimate of drug-likeness (QED) is 0.254. The Labute approximate surface area is 230 Å². The van der Waals surface area contributed by atoms with E-state index in [-0.39, 0.29) is 24.5 Å². The largest absolute Gasteiger partial charge is 0.496 e. The zero-order valence-corrected chi connectivity index (χ0v) is 23.5. The van der Waals surface area contributed by atoms with E-state index in [9.17, 15) is 9.59 Å². The molecule has 3 amide bonds. The summed E-state index contributed by atoms with van der Waals surface area (Å²) in [6.45, 7) is 8.69. The van der Waals surface area contributed by atoms with Gasteiger partial charge in [-0.1, -0.05) is 54.1 Å². The van der Waals surface area contributed by atoms with E-state index in [1.54, 1.807) is 12.0 Å². The number of urea groups is 1. The molecule has 4 aromatic rings. The molecule has 0 aliphatic rings. The molecule has 0 saturated carbocycles. The third kappa shape index (κ3) is 6.79. The first kappa shape index (κ1) is 27.8. The summed E-state index contributed by atoms with van der Waals surface area (Å²) in [7, 11) is 1.63. The van der Waals surface area contributed by atoms with Crippen molar-refractivity contribution in [3.63, 3.8) is 0 Å². The SMILES string of the molecule is COc1ccccc1CN(CCc1c[nH]c2ccccc12)C(=O)CN(C(=O)Nc1ccc(C)cc1C)C(C)C. The summed E-state index contributed by atoms with van der Waals surface area (Å²) in [5.74, 6) is 0.612. The van der Waals surface area contributed by atoms with Gasteiger partial charge in [0.2, 0.25) is 5.91 Å². The molecule has 39 heavy (non-hydrogen) atoms. The van der Waals surface area contributed by atoms with Crippen LogP contribution in [-0.2, 0) is 17.8 Å². The molecule has 0 saturated heterocycles. The van der Waals surface area contributed by atoms with Crippen LogP contribution in [0.5, 0.6) is 5.75 Å². The number of ether oxygens (including phenoxy) is 1. The third-order valence-corrected chi connectivity index (χ3v) is 7.05. The number of aryl methyl sites for hydroxylation is 2. The minimum Gasteiger partial charge on any atom is -0.496 e. The minimum atomic E-state index is -0.292. The maximum absolute atomic E-state index is 13.8. The number of anilines is 1. The summed E-state index contributed by atoms with van der Waals surface area (Å²) in [6.07, 6.45) is 2.69. The van der Waals surface area contributed by atoms with E-state index in [0.29, 0.717) is 19.5 Å². The summed E-state index contributed by atoms with van der Waals surface area (Å²) in [5, 5.41) is 4.15. The fourth-order valence-electron chi connectivity index (χ4n) is 4.80. The van der Waals surface area contributed by atoms with Crippen molar-refractivity contribution in [3.05, 3.63) is 95.2 Å². The van der Waals surface area contributed by atoms with E-state index in [0.717, 1.165) is 44.6 Å². The zero-order chi connectivity index (χ0) is 27.9. The molecular weight excluding hydrogens is 488 g/mol. The zero-order valence-electron chi connectivity index (χ0n) is 23.5. The lowest BCUT2D eigenvalue weighted by Gasteiger charge is -2.30. The molecule has 0 unspecified atom stereocenters. The smallest absolute Gasteiger partial charge is 0.322 e. The number of H-pyrrole nitrogens is 1. The Hall–Kier alpha value is -4.26.